The number of carbonyl (C=O) groups is 2. The normalized spacial score (nSPS) is 15.6. The lowest BCUT2D eigenvalue weighted by atomic mass is 9.69. The number of nitrogens with one attached hydrogen (secondary N) is 2. The number of halogens is 3. The van der Waals surface area contributed by atoms with Crippen molar-refractivity contribution in [3.63, 3.8) is 0 Å². The van der Waals surface area contributed by atoms with E-state index in [1.807, 2.05) is 0 Å². The highest BCUT2D eigenvalue weighted by Crippen LogP contribution is 2.39. The first kappa shape index (κ1) is 20.9. The Kier molecular flexibility index (Phi) is 6.56. The summed E-state index contributed by atoms with van der Waals surface area (Å²) in [5, 5.41) is 5.18. The predicted molar refractivity (Wildman–Crippen MR) is 103 cm³/mol. The molecule has 1 fully saturated rings. The topological polar surface area (TPSA) is 58.2 Å². The maximum absolute atomic E-state index is 13.7. The first-order valence-electron chi connectivity index (χ1n) is 9.66. The molecule has 0 bridgehead atoms. The third kappa shape index (κ3) is 5.16. The van der Waals surface area contributed by atoms with Gasteiger partial charge in [-0.3, -0.25) is 9.59 Å². The van der Waals surface area contributed by atoms with Gasteiger partial charge in [-0.15, -0.1) is 0 Å². The molecule has 0 unspecified atom stereocenters. The lowest BCUT2D eigenvalue weighted by molar-refractivity contribution is -0.120. The highest BCUT2D eigenvalue weighted by atomic mass is 19.1. The van der Waals surface area contributed by atoms with Crippen molar-refractivity contribution in [3.8, 4) is 0 Å². The molecule has 2 N–H and O–H groups in total. The maximum atomic E-state index is 13.7. The van der Waals surface area contributed by atoms with Gasteiger partial charge in [0.15, 0.2) is 0 Å². The Labute approximate surface area is 167 Å². The van der Waals surface area contributed by atoms with Crippen molar-refractivity contribution in [1.82, 2.24) is 10.6 Å². The summed E-state index contributed by atoms with van der Waals surface area (Å²) in [7, 11) is 0. The maximum Gasteiger partial charge on any atom is 0.254 e. The fourth-order valence-corrected chi connectivity index (χ4v) is 3.86. The summed E-state index contributed by atoms with van der Waals surface area (Å²) in [6.07, 6.45) is 4.93. The summed E-state index contributed by atoms with van der Waals surface area (Å²) in [5.74, 6) is -3.27. The largest absolute Gasteiger partial charge is 0.354 e. The molecule has 0 heterocycles. The highest BCUT2D eigenvalue weighted by Gasteiger charge is 2.34. The SMILES string of the molecule is O=C(CNC(=O)c1ccc(F)cc1F)NCC1(c2ccc(F)cc2)CCCCC1. The zero-order valence-corrected chi connectivity index (χ0v) is 15.9. The van der Waals surface area contributed by atoms with Gasteiger partial charge in [0.25, 0.3) is 5.91 Å². The molecule has 7 heteroatoms. The van der Waals surface area contributed by atoms with Crippen LogP contribution in [0.2, 0.25) is 0 Å². The average molecular weight is 404 g/mol. The Morgan fingerprint density at radius 3 is 2.17 bits per heavy atom. The summed E-state index contributed by atoms with van der Waals surface area (Å²) < 4.78 is 39.9. The van der Waals surface area contributed by atoms with Gasteiger partial charge in [-0.05, 0) is 42.7 Å². The zero-order valence-electron chi connectivity index (χ0n) is 15.9. The smallest absolute Gasteiger partial charge is 0.254 e. The molecule has 2 amide bonds. The molecule has 0 radical (unpaired) electrons. The molecular formula is C22H23F3N2O2. The molecule has 0 aromatic heterocycles. The number of carbonyl (C=O) groups excluding carboxylic acids is 2. The summed E-state index contributed by atoms with van der Waals surface area (Å²) >= 11 is 0. The van der Waals surface area contributed by atoms with Gasteiger partial charge in [0.2, 0.25) is 5.91 Å². The van der Waals surface area contributed by atoms with Crippen LogP contribution < -0.4 is 10.6 Å². The Balaban J connectivity index is 1.59. The monoisotopic (exact) mass is 404 g/mol. The van der Waals surface area contributed by atoms with Crippen LogP contribution in [0, 0.1) is 17.5 Å². The lowest BCUT2D eigenvalue weighted by Gasteiger charge is -2.38. The fourth-order valence-electron chi connectivity index (χ4n) is 3.86. The molecule has 2 aromatic rings. The quantitative estimate of drug-likeness (QED) is 0.768. The number of hydrogen-bond acceptors (Lipinski definition) is 2. The van der Waals surface area contributed by atoms with Crippen LogP contribution in [0.3, 0.4) is 0 Å². The molecule has 3 rings (SSSR count). The summed E-state index contributed by atoms with van der Waals surface area (Å²) in [4.78, 5) is 24.3. The second-order valence-corrected chi connectivity index (χ2v) is 7.43. The first-order valence-corrected chi connectivity index (χ1v) is 9.66. The van der Waals surface area contributed by atoms with Gasteiger partial charge in [-0.25, -0.2) is 13.2 Å². The molecule has 29 heavy (non-hydrogen) atoms. The summed E-state index contributed by atoms with van der Waals surface area (Å²) in [6, 6.07) is 8.98. The molecule has 4 nitrogen and oxygen atoms in total. The number of amides is 2. The van der Waals surface area contributed by atoms with E-state index in [0.717, 1.165) is 49.8 Å². The van der Waals surface area contributed by atoms with Crippen LogP contribution in [0.5, 0.6) is 0 Å². The Morgan fingerprint density at radius 2 is 1.52 bits per heavy atom. The third-order valence-electron chi connectivity index (χ3n) is 5.48. The van der Waals surface area contributed by atoms with Crippen LogP contribution in [0.25, 0.3) is 0 Å². The second-order valence-electron chi connectivity index (χ2n) is 7.43. The van der Waals surface area contributed by atoms with Gasteiger partial charge in [0.05, 0.1) is 12.1 Å². The molecule has 2 aromatic carbocycles. The minimum absolute atomic E-state index is 0.269. The van der Waals surface area contributed by atoms with Crippen molar-refractivity contribution in [2.75, 3.05) is 13.1 Å². The molecule has 1 aliphatic rings. The molecule has 154 valence electrons. The van der Waals surface area contributed by atoms with E-state index in [4.69, 9.17) is 0 Å². The van der Waals surface area contributed by atoms with E-state index in [-0.39, 0.29) is 23.3 Å². The van der Waals surface area contributed by atoms with Gasteiger partial charge < -0.3 is 10.6 Å². The van der Waals surface area contributed by atoms with Crippen molar-refractivity contribution in [2.24, 2.45) is 0 Å². The van der Waals surface area contributed by atoms with Gasteiger partial charge in [-0.2, -0.15) is 0 Å². The second kappa shape index (κ2) is 9.11. The van der Waals surface area contributed by atoms with Gasteiger partial charge in [-0.1, -0.05) is 31.4 Å². The summed E-state index contributed by atoms with van der Waals surface area (Å²) in [5.41, 5.74) is 0.389. The standard InChI is InChI=1S/C22H23F3N2O2/c23-16-6-4-15(5-7-16)22(10-2-1-3-11-22)14-27-20(28)13-26-21(29)18-9-8-17(24)12-19(18)25/h4-9,12H,1-3,10-11,13-14H2,(H,26,29)(H,27,28). The predicted octanol–water partition coefficient (Wildman–Crippen LogP) is 3.85. The Morgan fingerprint density at radius 1 is 0.862 bits per heavy atom. The van der Waals surface area contributed by atoms with Gasteiger partial charge in [0, 0.05) is 18.0 Å². The van der Waals surface area contributed by atoms with Crippen molar-refractivity contribution < 1.29 is 22.8 Å². The molecule has 1 saturated carbocycles. The van der Waals surface area contributed by atoms with Crippen molar-refractivity contribution in [3.05, 3.63) is 71.0 Å². The van der Waals surface area contributed by atoms with Crippen LogP contribution >= 0.6 is 0 Å². The van der Waals surface area contributed by atoms with Crippen LogP contribution in [-0.2, 0) is 10.2 Å². The van der Waals surface area contributed by atoms with Crippen molar-refractivity contribution in [2.45, 2.75) is 37.5 Å². The molecule has 0 spiro atoms. The van der Waals surface area contributed by atoms with Crippen molar-refractivity contribution >= 4 is 11.8 Å². The minimum Gasteiger partial charge on any atom is -0.354 e. The average Bonchev–Trinajstić information content (AvgIpc) is 2.71. The molecular weight excluding hydrogens is 381 g/mol. The van der Waals surface area contributed by atoms with E-state index < -0.39 is 23.4 Å². The van der Waals surface area contributed by atoms with Crippen LogP contribution in [0.15, 0.2) is 42.5 Å². The van der Waals surface area contributed by atoms with Crippen LogP contribution in [0.1, 0.15) is 48.0 Å². The minimum atomic E-state index is -0.986. The van der Waals surface area contributed by atoms with Crippen LogP contribution in [0.4, 0.5) is 13.2 Å². The summed E-state index contributed by atoms with van der Waals surface area (Å²) in [6.45, 7) is 0.0490. The van der Waals surface area contributed by atoms with E-state index >= 15 is 0 Å². The molecule has 1 aliphatic carbocycles. The molecule has 0 saturated heterocycles. The highest BCUT2D eigenvalue weighted by molar-refractivity contribution is 5.96. The number of rotatable bonds is 6. The Bertz CT molecular complexity index is 878. The van der Waals surface area contributed by atoms with Crippen molar-refractivity contribution in [1.29, 1.82) is 0 Å². The van der Waals surface area contributed by atoms with E-state index in [1.54, 1.807) is 12.1 Å². The van der Waals surface area contributed by atoms with E-state index in [0.29, 0.717) is 12.6 Å². The van der Waals surface area contributed by atoms with E-state index in [2.05, 4.69) is 10.6 Å². The first-order chi connectivity index (χ1) is 13.9. The van der Waals surface area contributed by atoms with Gasteiger partial charge in [0.1, 0.15) is 17.5 Å². The van der Waals surface area contributed by atoms with E-state index in [1.165, 1.54) is 12.1 Å². The lowest BCUT2D eigenvalue weighted by Crippen LogP contribution is -2.45. The fraction of sp³-hybridized carbons (Fsp3) is 0.364. The molecule has 0 aliphatic heterocycles. The van der Waals surface area contributed by atoms with Crippen LogP contribution in [-0.4, -0.2) is 24.9 Å². The third-order valence-corrected chi connectivity index (χ3v) is 5.48. The number of hydrogen-bond donors (Lipinski definition) is 2. The van der Waals surface area contributed by atoms with Gasteiger partial charge >= 0.3 is 0 Å². The van der Waals surface area contributed by atoms with E-state index in [9.17, 15) is 22.8 Å². The molecule has 0 atom stereocenters. The number of benzene rings is 2. The zero-order chi connectivity index (χ0) is 20.9. The Hall–Kier alpha value is -2.83.